The first-order valence-corrected chi connectivity index (χ1v) is 4.71. The summed E-state index contributed by atoms with van der Waals surface area (Å²) < 4.78 is 5.20. The van der Waals surface area contributed by atoms with Crippen molar-refractivity contribution in [2.75, 3.05) is 0 Å². The molecule has 0 aromatic heterocycles. The lowest BCUT2D eigenvalue weighted by atomic mass is 9.85. The predicted octanol–water partition coefficient (Wildman–Crippen LogP) is 1.83. The average molecular weight is 202 g/mol. The molecule has 0 unspecified atom stereocenters. The molecule has 0 heterocycles. The number of hydrogen-bond donors (Lipinski definition) is 1. The Hall–Kier alpha value is -1.06. The van der Waals surface area contributed by atoms with Gasteiger partial charge in [0, 0.05) is 0 Å². The van der Waals surface area contributed by atoms with Gasteiger partial charge in [0.25, 0.3) is 6.47 Å². The Bertz CT molecular complexity index is 189. The van der Waals surface area contributed by atoms with Gasteiger partial charge in [0.15, 0.2) is 0 Å². The molecule has 0 bridgehead atoms. The van der Waals surface area contributed by atoms with Crippen molar-refractivity contribution in [3.05, 3.63) is 0 Å². The minimum atomic E-state index is -0.313. The van der Waals surface area contributed by atoms with E-state index in [-0.39, 0.29) is 24.0 Å². The monoisotopic (exact) mass is 202 g/mol. The number of carbonyl (C=O) groups is 2. The highest BCUT2D eigenvalue weighted by molar-refractivity contribution is 5.73. The summed E-state index contributed by atoms with van der Waals surface area (Å²) in [6, 6.07) is 0. The zero-order chi connectivity index (χ0) is 11.2. The summed E-state index contributed by atoms with van der Waals surface area (Å²) in [7, 11) is 0. The Morgan fingerprint density at radius 3 is 2.07 bits per heavy atom. The fraction of sp³-hybridized carbons (Fsp3) is 0.800. The molecule has 0 amide bonds. The van der Waals surface area contributed by atoms with Crippen LogP contribution in [0, 0.1) is 5.92 Å². The molecular weight excluding hydrogens is 184 g/mol. The lowest BCUT2D eigenvalue weighted by molar-refractivity contribution is -0.162. The highest BCUT2D eigenvalue weighted by Gasteiger charge is 2.29. The molecule has 1 aliphatic rings. The van der Waals surface area contributed by atoms with Crippen LogP contribution in [0.25, 0.3) is 0 Å². The molecule has 1 aliphatic carbocycles. The summed E-state index contributed by atoms with van der Waals surface area (Å²) in [5.41, 5.74) is -0.313. The van der Waals surface area contributed by atoms with Crippen LogP contribution in [0.1, 0.15) is 40.0 Å². The fourth-order valence-electron chi connectivity index (χ4n) is 1.03. The zero-order valence-corrected chi connectivity index (χ0v) is 8.95. The maximum Gasteiger partial charge on any atom is 0.309 e. The normalized spacial score (nSPS) is 15.9. The van der Waals surface area contributed by atoms with Crippen LogP contribution in [-0.2, 0) is 14.3 Å². The third-order valence-electron chi connectivity index (χ3n) is 1.85. The summed E-state index contributed by atoms with van der Waals surface area (Å²) in [6.07, 6.45) is 3.23. The molecule has 14 heavy (non-hydrogen) atoms. The average Bonchev–Trinajstić information content (AvgIpc) is 1.78. The van der Waals surface area contributed by atoms with Crippen LogP contribution >= 0.6 is 0 Å². The highest BCUT2D eigenvalue weighted by atomic mass is 16.6. The summed E-state index contributed by atoms with van der Waals surface area (Å²) in [6.45, 7) is 5.47. The summed E-state index contributed by atoms with van der Waals surface area (Å²) in [4.78, 5) is 19.6. The fourth-order valence-corrected chi connectivity index (χ4v) is 1.03. The Morgan fingerprint density at radius 1 is 1.43 bits per heavy atom. The first kappa shape index (κ1) is 12.9. The predicted molar refractivity (Wildman–Crippen MR) is 51.9 cm³/mol. The second-order valence-corrected chi connectivity index (χ2v) is 4.27. The highest BCUT2D eigenvalue weighted by Crippen LogP contribution is 2.28. The zero-order valence-electron chi connectivity index (χ0n) is 8.95. The minimum Gasteiger partial charge on any atom is -0.483 e. The summed E-state index contributed by atoms with van der Waals surface area (Å²) in [5, 5.41) is 6.89. The molecule has 0 aromatic carbocycles. The van der Waals surface area contributed by atoms with E-state index in [1.54, 1.807) is 0 Å². The van der Waals surface area contributed by atoms with Crippen LogP contribution in [0.5, 0.6) is 0 Å². The van der Waals surface area contributed by atoms with Crippen molar-refractivity contribution in [2.24, 2.45) is 5.92 Å². The lowest BCUT2D eigenvalue weighted by Gasteiger charge is -2.28. The van der Waals surface area contributed by atoms with Crippen molar-refractivity contribution in [3.8, 4) is 0 Å². The molecule has 4 nitrogen and oxygen atoms in total. The molecule has 0 spiro atoms. The number of carbonyl (C=O) groups excluding carboxylic acids is 1. The maximum atomic E-state index is 11.2. The van der Waals surface area contributed by atoms with Crippen molar-refractivity contribution in [2.45, 2.75) is 45.6 Å². The SMILES string of the molecule is CC(C)(C)OC(=O)C1CCC1.O=CO. The van der Waals surface area contributed by atoms with Gasteiger partial charge in [-0.25, -0.2) is 0 Å². The van der Waals surface area contributed by atoms with Crippen LogP contribution < -0.4 is 0 Å². The third kappa shape index (κ3) is 5.56. The van der Waals surface area contributed by atoms with Crippen LogP contribution in [0.3, 0.4) is 0 Å². The van der Waals surface area contributed by atoms with Gasteiger partial charge < -0.3 is 9.84 Å². The largest absolute Gasteiger partial charge is 0.483 e. The van der Waals surface area contributed by atoms with E-state index >= 15 is 0 Å². The second-order valence-electron chi connectivity index (χ2n) is 4.27. The van der Waals surface area contributed by atoms with Gasteiger partial charge >= 0.3 is 5.97 Å². The van der Waals surface area contributed by atoms with Gasteiger partial charge in [-0.05, 0) is 33.6 Å². The molecular formula is C10H18O4. The van der Waals surface area contributed by atoms with Gasteiger partial charge in [-0.15, -0.1) is 0 Å². The van der Waals surface area contributed by atoms with Gasteiger partial charge in [-0.1, -0.05) is 6.42 Å². The number of ether oxygens (including phenoxy) is 1. The Morgan fingerprint density at radius 2 is 1.86 bits per heavy atom. The van der Waals surface area contributed by atoms with Gasteiger partial charge in [-0.3, -0.25) is 9.59 Å². The van der Waals surface area contributed by atoms with Gasteiger partial charge in [0.2, 0.25) is 0 Å². The van der Waals surface area contributed by atoms with Crippen LogP contribution in [-0.4, -0.2) is 23.1 Å². The molecule has 4 heteroatoms. The summed E-state index contributed by atoms with van der Waals surface area (Å²) >= 11 is 0. The first-order chi connectivity index (χ1) is 6.40. The van der Waals surface area contributed by atoms with Crippen molar-refractivity contribution in [3.63, 3.8) is 0 Å². The van der Waals surface area contributed by atoms with Gasteiger partial charge in [0.1, 0.15) is 5.60 Å². The van der Waals surface area contributed by atoms with E-state index in [1.165, 1.54) is 6.42 Å². The molecule has 0 aliphatic heterocycles. The van der Waals surface area contributed by atoms with E-state index in [1.807, 2.05) is 20.8 Å². The van der Waals surface area contributed by atoms with Crippen LogP contribution in [0.4, 0.5) is 0 Å². The van der Waals surface area contributed by atoms with Crippen molar-refractivity contribution < 1.29 is 19.4 Å². The van der Waals surface area contributed by atoms with Crippen molar-refractivity contribution in [1.29, 1.82) is 0 Å². The molecule has 82 valence electrons. The van der Waals surface area contributed by atoms with E-state index in [0.717, 1.165) is 12.8 Å². The number of esters is 1. The van der Waals surface area contributed by atoms with E-state index in [2.05, 4.69) is 0 Å². The Kier molecular flexibility index (Phi) is 5.20. The Balaban J connectivity index is 0.000000500. The molecule has 1 N–H and O–H groups in total. The number of carboxylic acid groups (broad SMARTS) is 1. The molecule has 0 saturated heterocycles. The van der Waals surface area contributed by atoms with Crippen LogP contribution in [0.2, 0.25) is 0 Å². The summed E-state index contributed by atoms with van der Waals surface area (Å²) in [5.74, 6) is 0.193. The van der Waals surface area contributed by atoms with E-state index in [9.17, 15) is 4.79 Å². The quantitative estimate of drug-likeness (QED) is 0.520. The maximum absolute atomic E-state index is 11.2. The lowest BCUT2D eigenvalue weighted by Crippen LogP contribution is -2.31. The van der Waals surface area contributed by atoms with E-state index < -0.39 is 0 Å². The third-order valence-corrected chi connectivity index (χ3v) is 1.85. The van der Waals surface area contributed by atoms with Crippen molar-refractivity contribution in [1.82, 2.24) is 0 Å². The van der Waals surface area contributed by atoms with E-state index in [0.29, 0.717) is 0 Å². The standard InChI is InChI=1S/C9H16O2.CH2O2/c1-9(2,3)11-8(10)7-5-4-6-7;2-1-3/h7H,4-6H2,1-3H3;1H,(H,2,3). The topological polar surface area (TPSA) is 63.6 Å². The second kappa shape index (κ2) is 5.62. The number of rotatable bonds is 1. The Labute approximate surface area is 84.3 Å². The van der Waals surface area contributed by atoms with Gasteiger partial charge in [0.05, 0.1) is 5.92 Å². The van der Waals surface area contributed by atoms with Gasteiger partial charge in [-0.2, -0.15) is 0 Å². The van der Waals surface area contributed by atoms with Crippen LogP contribution in [0.15, 0.2) is 0 Å². The smallest absolute Gasteiger partial charge is 0.309 e. The number of hydrogen-bond acceptors (Lipinski definition) is 3. The molecule has 1 rings (SSSR count). The molecule has 1 saturated carbocycles. The van der Waals surface area contributed by atoms with Crippen molar-refractivity contribution >= 4 is 12.4 Å². The minimum absolute atomic E-state index is 0.0104. The molecule has 0 radical (unpaired) electrons. The molecule has 0 aromatic rings. The van der Waals surface area contributed by atoms with E-state index in [4.69, 9.17) is 14.6 Å². The first-order valence-electron chi connectivity index (χ1n) is 4.71. The molecule has 0 atom stereocenters. The molecule has 1 fully saturated rings.